The van der Waals surface area contributed by atoms with Crippen molar-refractivity contribution in [1.29, 1.82) is 0 Å². The number of benzene rings is 2. The van der Waals surface area contributed by atoms with E-state index in [2.05, 4.69) is 63.7 Å². The van der Waals surface area contributed by atoms with Gasteiger partial charge in [-0.25, -0.2) is 0 Å². The van der Waals surface area contributed by atoms with E-state index in [1.54, 1.807) is 30.3 Å². The maximum atomic E-state index is 9.11. The quantitative estimate of drug-likeness (QED) is 0.475. The van der Waals surface area contributed by atoms with Crippen molar-refractivity contribution in [3.05, 3.63) is 54.3 Å². The molecule has 0 bridgehead atoms. The Balaban J connectivity index is 0.000000180. The van der Waals surface area contributed by atoms with Crippen molar-refractivity contribution in [2.24, 2.45) is 0 Å². The third-order valence-electron chi connectivity index (χ3n) is 1.85. The van der Waals surface area contributed by atoms with Gasteiger partial charge in [0.15, 0.2) is 0 Å². The Morgan fingerprint density at radius 3 is 1.67 bits per heavy atom. The highest BCUT2D eigenvalue weighted by Crippen LogP contribution is 2.31. The molecule has 96 valence electrons. The van der Waals surface area contributed by atoms with Gasteiger partial charge in [-0.05, 0) is 78.1 Å². The van der Waals surface area contributed by atoms with Crippen LogP contribution in [0.2, 0.25) is 0 Å². The summed E-state index contributed by atoms with van der Waals surface area (Å²) in [4.78, 5) is 0. The lowest BCUT2D eigenvalue weighted by atomic mass is 10.3. The number of rotatable bonds is 0. The van der Waals surface area contributed by atoms with Crippen LogP contribution in [0.15, 0.2) is 54.3 Å². The van der Waals surface area contributed by atoms with Gasteiger partial charge in [-0.2, -0.15) is 0 Å². The fraction of sp³-hybridized carbons (Fsp3) is 0. The highest BCUT2D eigenvalue weighted by Gasteiger charge is 1.98. The standard InChI is InChI=1S/2C6H4Br2O/c7-4-1-2-6(9)5(8)3-4;7-4-2-1-3-5(8)6(4)9/h2*1-3,9H. The molecule has 0 unspecified atom stereocenters. The van der Waals surface area contributed by atoms with Crippen molar-refractivity contribution >= 4 is 63.7 Å². The van der Waals surface area contributed by atoms with Crippen LogP contribution in [0.5, 0.6) is 11.5 Å². The summed E-state index contributed by atoms with van der Waals surface area (Å²) in [5.41, 5.74) is 0. The van der Waals surface area contributed by atoms with E-state index in [1.165, 1.54) is 0 Å². The second-order valence-electron chi connectivity index (χ2n) is 3.17. The second kappa shape index (κ2) is 7.53. The zero-order valence-corrected chi connectivity index (χ0v) is 15.2. The molecule has 0 aliphatic carbocycles. The first-order valence-electron chi connectivity index (χ1n) is 4.69. The van der Waals surface area contributed by atoms with E-state index in [-0.39, 0.29) is 11.5 Å². The summed E-state index contributed by atoms with van der Waals surface area (Å²) in [7, 11) is 0. The van der Waals surface area contributed by atoms with Crippen LogP contribution in [-0.4, -0.2) is 10.2 Å². The molecule has 2 N–H and O–H groups in total. The van der Waals surface area contributed by atoms with Crippen LogP contribution in [0.3, 0.4) is 0 Å². The minimum Gasteiger partial charge on any atom is -0.507 e. The Kier molecular flexibility index (Phi) is 6.70. The van der Waals surface area contributed by atoms with Gasteiger partial charge < -0.3 is 10.2 Å². The summed E-state index contributed by atoms with van der Waals surface area (Å²) in [5.74, 6) is 0.510. The minimum absolute atomic E-state index is 0.248. The van der Waals surface area contributed by atoms with Crippen molar-refractivity contribution in [2.75, 3.05) is 0 Å². The fourth-order valence-corrected chi connectivity index (χ4v) is 3.02. The summed E-state index contributed by atoms with van der Waals surface area (Å²) in [5, 5.41) is 18.1. The van der Waals surface area contributed by atoms with Gasteiger partial charge >= 0.3 is 0 Å². The van der Waals surface area contributed by atoms with E-state index < -0.39 is 0 Å². The van der Waals surface area contributed by atoms with Gasteiger partial charge in [-0.3, -0.25) is 0 Å². The second-order valence-corrected chi connectivity index (χ2v) is 6.64. The Morgan fingerprint density at radius 1 is 0.722 bits per heavy atom. The molecule has 18 heavy (non-hydrogen) atoms. The molecule has 0 saturated carbocycles. The van der Waals surface area contributed by atoms with E-state index in [0.717, 1.165) is 4.47 Å². The molecule has 0 saturated heterocycles. The molecular weight excluding hydrogens is 496 g/mol. The van der Waals surface area contributed by atoms with Gasteiger partial charge in [0, 0.05) is 4.47 Å². The summed E-state index contributed by atoms with van der Waals surface area (Å²) in [6.45, 7) is 0. The number of phenols is 2. The number of aromatic hydroxyl groups is 2. The molecule has 6 heteroatoms. The molecule has 2 rings (SSSR count). The van der Waals surface area contributed by atoms with E-state index in [1.807, 2.05) is 6.07 Å². The topological polar surface area (TPSA) is 40.5 Å². The molecule has 0 spiro atoms. The summed E-state index contributed by atoms with van der Waals surface area (Å²) in [6.07, 6.45) is 0. The zero-order valence-electron chi connectivity index (χ0n) is 8.87. The number of halogens is 4. The van der Waals surface area contributed by atoms with Crippen molar-refractivity contribution in [3.63, 3.8) is 0 Å². The maximum absolute atomic E-state index is 9.11. The van der Waals surface area contributed by atoms with E-state index in [0.29, 0.717) is 13.4 Å². The summed E-state index contributed by atoms with van der Waals surface area (Å²) in [6, 6.07) is 10.6. The first kappa shape index (κ1) is 16.0. The molecule has 0 heterocycles. The van der Waals surface area contributed by atoms with E-state index >= 15 is 0 Å². The molecule has 0 radical (unpaired) electrons. The molecule has 0 aliphatic rings. The van der Waals surface area contributed by atoms with Gasteiger partial charge in [0.25, 0.3) is 0 Å². The molecule has 2 aromatic carbocycles. The minimum atomic E-state index is 0.248. The third kappa shape index (κ3) is 4.91. The lowest BCUT2D eigenvalue weighted by Crippen LogP contribution is -1.68. The van der Waals surface area contributed by atoms with Crippen LogP contribution >= 0.6 is 63.7 Å². The zero-order chi connectivity index (χ0) is 13.7. The summed E-state index contributed by atoms with van der Waals surface area (Å²) < 4.78 is 3.07. The monoisotopic (exact) mass is 500 g/mol. The fourth-order valence-electron chi connectivity index (χ4n) is 0.970. The largest absolute Gasteiger partial charge is 0.507 e. The number of hydrogen-bond acceptors (Lipinski definition) is 2. The smallest absolute Gasteiger partial charge is 0.143 e. The van der Waals surface area contributed by atoms with Crippen molar-refractivity contribution < 1.29 is 10.2 Å². The number of phenolic OH excluding ortho intramolecular Hbond substituents is 2. The van der Waals surface area contributed by atoms with Gasteiger partial charge in [0.2, 0.25) is 0 Å². The van der Waals surface area contributed by atoms with Crippen LogP contribution in [0.4, 0.5) is 0 Å². The summed E-state index contributed by atoms with van der Waals surface area (Å²) >= 11 is 12.8. The molecule has 2 aromatic rings. The highest BCUT2D eigenvalue weighted by molar-refractivity contribution is 9.11. The highest BCUT2D eigenvalue weighted by atomic mass is 79.9. The van der Waals surface area contributed by atoms with Crippen LogP contribution in [0, 0.1) is 0 Å². The van der Waals surface area contributed by atoms with Gasteiger partial charge in [0.1, 0.15) is 11.5 Å². The molecule has 2 nitrogen and oxygen atoms in total. The van der Waals surface area contributed by atoms with Crippen LogP contribution in [0.1, 0.15) is 0 Å². The predicted molar refractivity (Wildman–Crippen MR) is 87.0 cm³/mol. The van der Waals surface area contributed by atoms with Gasteiger partial charge in [-0.15, -0.1) is 0 Å². The van der Waals surface area contributed by atoms with Gasteiger partial charge in [0.05, 0.1) is 13.4 Å². The lowest BCUT2D eigenvalue weighted by molar-refractivity contribution is 0.468. The Hall–Kier alpha value is -0.0400. The van der Waals surface area contributed by atoms with Gasteiger partial charge in [-0.1, -0.05) is 22.0 Å². The SMILES string of the molecule is Oc1c(Br)cccc1Br.Oc1ccc(Br)cc1Br. The Bertz CT molecular complexity index is 523. The molecule has 0 amide bonds. The molecular formula is C12H8Br4O2. The van der Waals surface area contributed by atoms with Crippen LogP contribution in [0.25, 0.3) is 0 Å². The maximum Gasteiger partial charge on any atom is 0.143 e. The van der Waals surface area contributed by atoms with Crippen molar-refractivity contribution in [2.45, 2.75) is 0 Å². The van der Waals surface area contributed by atoms with E-state index in [4.69, 9.17) is 10.2 Å². The van der Waals surface area contributed by atoms with E-state index in [9.17, 15) is 0 Å². The molecule has 0 fully saturated rings. The number of hydrogen-bond donors (Lipinski definition) is 2. The first-order chi connectivity index (χ1) is 8.41. The Labute approximate surface area is 139 Å². The third-order valence-corrected chi connectivity index (χ3v) is 4.26. The molecule has 0 aromatic heterocycles. The van der Waals surface area contributed by atoms with Crippen LogP contribution in [-0.2, 0) is 0 Å². The predicted octanol–water partition coefficient (Wildman–Crippen LogP) is 5.83. The Morgan fingerprint density at radius 2 is 1.28 bits per heavy atom. The van der Waals surface area contributed by atoms with Crippen LogP contribution < -0.4 is 0 Å². The average Bonchev–Trinajstić information content (AvgIpc) is 2.32. The number of para-hydroxylation sites is 1. The van der Waals surface area contributed by atoms with Crippen molar-refractivity contribution in [3.8, 4) is 11.5 Å². The normalized spacial score (nSPS) is 9.56. The molecule has 0 atom stereocenters. The lowest BCUT2D eigenvalue weighted by Gasteiger charge is -1.96. The first-order valence-corrected chi connectivity index (χ1v) is 7.86. The molecule has 0 aliphatic heterocycles. The van der Waals surface area contributed by atoms with Crippen molar-refractivity contribution in [1.82, 2.24) is 0 Å². The average molecular weight is 504 g/mol.